The number of rotatable bonds is 5. The number of carbonyl (C=O) groups is 1. The normalized spacial score (nSPS) is 22.9. The van der Waals surface area contributed by atoms with Crippen molar-refractivity contribution >= 4 is 5.91 Å². The number of nitrogens with one attached hydrogen (secondary N) is 1. The average Bonchev–Trinajstić information content (AvgIpc) is 2.60. The number of amides is 1. The highest BCUT2D eigenvalue weighted by Crippen LogP contribution is 2.54. The average molecular weight is 372 g/mol. The van der Waals surface area contributed by atoms with Gasteiger partial charge in [0.15, 0.2) is 0 Å². The predicted octanol–water partition coefficient (Wildman–Crippen LogP) is 5.10. The van der Waals surface area contributed by atoms with Gasteiger partial charge in [0.1, 0.15) is 17.1 Å². The van der Waals surface area contributed by atoms with Crippen molar-refractivity contribution in [1.29, 1.82) is 0 Å². The number of allylic oxidation sites excluding steroid dienone is 2. The van der Waals surface area contributed by atoms with Crippen LogP contribution in [0.3, 0.4) is 0 Å². The molecule has 0 radical (unpaired) electrons. The summed E-state index contributed by atoms with van der Waals surface area (Å²) >= 11 is 0. The molecule has 2 aliphatic rings. The quantitative estimate of drug-likeness (QED) is 0.559. The fourth-order valence-electron chi connectivity index (χ4n) is 4.75. The Morgan fingerprint density at radius 2 is 2.11 bits per heavy atom. The second-order valence-electron chi connectivity index (χ2n) is 8.60. The van der Waals surface area contributed by atoms with Crippen molar-refractivity contribution in [2.75, 3.05) is 7.05 Å². The molecule has 0 aromatic heterocycles. The second-order valence-corrected chi connectivity index (χ2v) is 8.60. The van der Waals surface area contributed by atoms with Gasteiger partial charge in [0.2, 0.25) is 0 Å². The van der Waals surface area contributed by atoms with Crippen LogP contribution in [0.5, 0.6) is 11.5 Å². The van der Waals surface area contributed by atoms with E-state index >= 15 is 0 Å². The van der Waals surface area contributed by atoms with Gasteiger partial charge < -0.3 is 15.2 Å². The Labute approximate surface area is 163 Å². The predicted molar refractivity (Wildman–Crippen MR) is 109 cm³/mol. The van der Waals surface area contributed by atoms with Crippen molar-refractivity contribution in [2.45, 2.75) is 77.7 Å². The van der Waals surface area contributed by atoms with Crippen molar-refractivity contribution in [1.82, 2.24) is 5.32 Å². The molecular formula is C23H33NO3. The summed E-state index contributed by atoms with van der Waals surface area (Å²) in [6, 6.07) is 2.00. The van der Waals surface area contributed by atoms with Gasteiger partial charge in [0, 0.05) is 24.4 Å². The lowest BCUT2D eigenvalue weighted by molar-refractivity contribution is 0.0107. The highest BCUT2D eigenvalue weighted by Gasteiger charge is 2.46. The summed E-state index contributed by atoms with van der Waals surface area (Å²) in [4.78, 5) is 12.6. The van der Waals surface area contributed by atoms with E-state index in [1.54, 1.807) is 7.05 Å². The van der Waals surface area contributed by atoms with Gasteiger partial charge in [-0.15, -0.1) is 0 Å². The van der Waals surface area contributed by atoms with Crippen LogP contribution in [0.1, 0.15) is 87.2 Å². The van der Waals surface area contributed by atoms with Crippen LogP contribution in [0.2, 0.25) is 0 Å². The molecule has 148 valence electrons. The van der Waals surface area contributed by atoms with Crippen molar-refractivity contribution in [3.8, 4) is 11.5 Å². The molecule has 1 aliphatic carbocycles. The number of carbonyl (C=O) groups excluding carboxylic acids is 1. The van der Waals surface area contributed by atoms with E-state index in [9.17, 15) is 9.90 Å². The van der Waals surface area contributed by atoms with E-state index in [4.69, 9.17) is 4.74 Å². The number of unbranched alkanes of at least 4 members (excludes halogenated alkanes) is 2. The van der Waals surface area contributed by atoms with Gasteiger partial charge in [0.05, 0.1) is 5.56 Å². The summed E-state index contributed by atoms with van der Waals surface area (Å²) in [7, 11) is 1.62. The number of phenolic OH excluding ortho intramolecular Hbond substituents is 1. The number of aryl methyl sites for hydroxylation is 1. The molecule has 1 aromatic rings. The number of hydrogen-bond donors (Lipinski definition) is 2. The van der Waals surface area contributed by atoms with Gasteiger partial charge in [-0.05, 0) is 58.1 Å². The van der Waals surface area contributed by atoms with Crippen LogP contribution in [-0.4, -0.2) is 23.7 Å². The highest BCUT2D eigenvalue weighted by atomic mass is 16.5. The lowest BCUT2D eigenvalue weighted by Gasteiger charge is -2.46. The van der Waals surface area contributed by atoms with Crippen LogP contribution in [0.15, 0.2) is 17.7 Å². The zero-order valence-electron chi connectivity index (χ0n) is 17.3. The topological polar surface area (TPSA) is 58.6 Å². The maximum atomic E-state index is 12.6. The fourth-order valence-corrected chi connectivity index (χ4v) is 4.75. The molecule has 2 unspecified atom stereocenters. The third-order valence-corrected chi connectivity index (χ3v) is 6.23. The maximum Gasteiger partial charge on any atom is 0.255 e. The standard InChI is InChI=1S/C23H33NO3/c1-6-7-8-9-15-13-18-20(21(25)19(15)22(26)24-5)16-12-14(2)10-11-17(16)23(3,4)27-18/h12-13,16-17,25H,6-11H2,1-5H3,(H,24,26). The van der Waals surface area contributed by atoms with Crippen LogP contribution in [0, 0.1) is 5.92 Å². The van der Waals surface area contributed by atoms with Gasteiger partial charge in [0.25, 0.3) is 5.91 Å². The van der Waals surface area contributed by atoms with E-state index in [0.29, 0.717) is 11.5 Å². The minimum Gasteiger partial charge on any atom is -0.507 e. The Morgan fingerprint density at radius 1 is 1.37 bits per heavy atom. The molecule has 1 amide bonds. The lowest BCUT2D eigenvalue weighted by atomic mass is 9.67. The third-order valence-electron chi connectivity index (χ3n) is 6.23. The largest absolute Gasteiger partial charge is 0.507 e. The fraction of sp³-hybridized carbons (Fsp3) is 0.609. The van der Waals surface area contributed by atoms with Gasteiger partial charge in [-0.3, -0.25) is 4.79 Å². The molecule has 1 heterocycles. The molecule has 0 saturated carbocycles. The Bertz CT molecular complexity index is 763. The summed E-state index contributed by atoms with van der Waals surface area (Å²) in [6.45, 7) is 8.59. The molecule has 2 N–H and O–H groups in total. The molecule has 2 atom stereocenters. The van der Waals surface area contributed by atoms with Crippen molar-refractivity contribution in [3.63, 3.8) is 0 Å². The summed E-state index contributed by atoms with van der Waals surface area (Å²) in [5.74, 6) is 1.01. The van der Waals surface area contributed by atoms with Crippen molar-refractivity contribution < 1.29 is 14.6 Å². The van der Waals surface area contributed by atoms with Crippen LogP contribution in [0.4, 0.5) is 0 Å². The van der Waals surface area contributed by atoms with Crippen molar-refractivity contribution in [3.05, 3.63) is 34.4 Å². The van der Waals surface area contributed by atoms with E-state index in [-0.39, 0.29) is 23.2 Å². The number of hydrogen-bond acceptors (Lipinski definition) is 3. The molecule has 4 nitrogen and oxygen atoms in total. The summed E-state index contributed by atoms with van der Waals surface area (Å²) < 4.78 is 6.40. The summed E-state index contributed by atoms with van der Waals surface area (Å²) in [5.41, 5.74) is 3.14. The molecule has 1 aromatic carbocycles. The number of fused-ring (bicyclic) bond motifs is 3. The van der Waals surface area contributed by atoms with Crippen LogP contribution >= 0.6 is 0 Å². The van der Waals surface area contributed by atoms with Crippen LogP contribution in [-0.2, 0) is 6.42 Å². The Hall–Kier alpha value is -1.97. The molecular weight excluding hydrogens is 338 g/mol. The first-order valence-corrected chi connectivity index (χ1v) is 10.3. The monoisotopic (exact) mass is 371 g/mol. The first-order chi connectivity index (χ1) is 12.8. The molecule has 0 saturated heterocycles. The lowest BCUT2D eigenvalue weighted by Crippen LogP contribution is -2.45. The highest BCUT2D eigenvalue weighted by molar-refractivity contribution is 5.99. The van der Waals surface area contributed by atoms with Crippen LogP contribution in [0.25, 0.3) is 0 Å². The minimum atomic E-state index is -0.295. The number of aromatic hydroxyl groups is 1. The van der Waals surface area contributed by atoms with E-state index in [1.807, 2.05) is 6.07 Å². The maximum absolute atomic E-state index is 12.6. The van der Waals surface area contributed by atoms with Crippen molar-refractivity contribution in [2.24, 2.45) is 5.92 Å². The van der Waals surface area contributed by atoms with Gasteiger partial charge in [-0.2, -0.15) is 0 Å². The number of ether oxygens (including phenoxy) is 1. The smallest absolute Gasteiger partial charge is 0.255 e. The zero-order chi connectivity index (χ0) is 19.8. The molecule has 3 rings (SSSR count). The first kappa shape index (κ1) is 19.8. The zero-order valence-corrected chi connectivity index (χ0v) is 17.3. The summed E-state index contributed by atoms with van der Waals surface area (Å²) in [5, 5.41) is 13.9. The summed E-state index contributed by atoms with van der Waals surface area (Å²) in [6.07, 6.45) is 8.33. The van der Waals surface area contributed by atoms with Gasteiger partial charge in [-0.1, -0.05) is 31.4 Å². The van der Waals surface area contributed by atoms with E-state index in [2.05, 4.69) is 39.1 Å². The Kier molecular flexibility index (Phi) is 5.55. The Balaban J connectivity index is 2.16. The number of phenols is 1. The first-order valence-electron chi connectivity index (χ1n) is 10.3. The van der Waals surface area contributed by atoms with Crippen LogP contribution < -0.4 is 10.1 Å². The minimum absolute atomic E-state index is 0.0885. The van der Waals surface area contributed by atoms with E-state index < -0.39 is 0 Å². The molecule has 4 heteroatoms. The van der Waals surface area contributed by atoms with Gasteiger partial charge in [-0.25, -0.2) is 0 Å². The van der Waals surface area contributed by atoms with E-state index in [0.717, 1.165) is 55.4 Å². The number of benzene rings is 1. The SMILES string of the molecule is CCCCCc1cc2c(c(O)c1C(=O)NC)C1C=C(C)CCC1C(C)(C)O2. The second kappa shape index (κ2) is 7.57. The third kappa shape index (κ3) is 3.59. The molecule has 0 bridgehead atoms. The van der Waals surface area contributed by atoms with Gasteiger partial charge >= 0.3 is 0 Å². The Morgan fingerprint density at radius 3 is 2.78 bits per heavy atom. The van der Waals surface area contributed by atoms with E-state index in [1.165, 1.54) is 5.57 Å². The molecule has 0 spiro atoms. The molecule has 1 aliphatic heterocycles. The molecule has 27 heavy (non-hydrogen) atoms. The molecule has 0 fully saturated rings.